The molecule has 0 aliphatic heterocycles. The van der Waals surface area contributed by atoms with Crippen LogP contribution in [-0.2, 0) is 9.63 Å². The van der Waals surface area contributed by atoms with Gasteiger partial charge in [-0.25, -0.2) is 0 Å². The van der Waals surface area contributed by atoms with E-state index >= 15 is 0 Å². The van der Waals surface area contributed by atoms with Crippen LogP contribution in [0.5, 0.6) is 0 Å². The highest BCUT2D eigenvalue weighted by Gasteiger charge is 2.35. The van der Waals surface area contributed by atoms with E-state index in [9.17, 15) is 9.59 Å². The molecule has 0 radical (unpaired) electrons. The Bertz CT molecular complexity index is 619. The highest BCUT2D eigenvalue weighted by atomic mass is 32.2. The number of carbonyl (C=O) groups excluding carboxylic acids is 2. The Morgan fingerprint density at radius 2 is 2.04 bits per heavy atom. The van der Waals surface area contributed by atoms with E-state index in [2.05, 4.69) is 10.2 Å². The second-order valence-electron chi connectivity index (χ2n) is 7.61. The van der Waals surface area contributed by atoms with Gasteiger partial charge >= 0.3 is 0 Å². The fourth-order valence-corrected chi connectivity index (χ4v) is 4.23. The highest BCUT2D eigenvalue weighted by Crippen LogP contribution is 2.27. The van der Waals surface area contributed by atoms with Crippen molar-refractivity contribution in [3.05, 3.63) is 5.89 Å². The van der Waals surface area contributed by atoms with Crippen LogP contribution in [0.25, 0.3) is 0 Å². The van der Waals surface area contributed by atoms with E-state index in [0.29, 0.717) is 23.9 Å². The molecule has 1 fully saturated rings. The zero-order chi connectivity index (χ0) is 20.5. The number of amides is 1. The monoisotopic (exact) mass is 412 g/mol. The van der Waals surface area contributed by atoms with Crippen LogP contribution in [0, 0.1) is 5.92 Å². The number of ketones is 1. The van der Waals surface area contributed by atoms with Crippen molar-refractivity contribution in [1.29, 1.82) is 0 Å². The Kier molecular flexibility index (Phi) is 9.40. The first-order valence-corrected chi connectivity index (χ1v) is 10.9. The predicted octanol–water partition coefficient (Wildman–Crippen LogP) is 3.04. The molecule has 9 heteroatoms. The molecule has 0 bridgehead atoms. The summed E-state index contributed by atoms with van der Waals surface area (Å²) in [6.07, 6.45) is 6.67. The van der Waals surface area contributed by atoms with E-state index in [4.69, 9.17) is 9.25 Å². The largest absolute Gasteiger partial charge is 0.408 e. The molecular weight excluding hydrogens is 380 g/mol. The van der Waals surface area contributed by atoms with Crippen LogP contribution in [0.2, 0.25) is 0 Å². The SMILES string of the molecule is CON(C)CCSc1nnc(C(=O)C(CC(C)C)N(C=O)C2CCCCC2)o1. The van der Waals surface area contributed by atoms with Crippen LogP contribution >= 0.6 is 11.8 Å². The number of carbonyl (C=O) groups is 2. The lowest BCUT2D eigenvalue weighted by molar-refractivity contribution is -0.122. The topological polar surface area (TPSA) is 88.8 Å². The first-order chi connectivity index (χ1) is 13.5. The fourth-order valence-electron chi connectivity index (χ4n) is 3.47. The molecule has 1 amide bonds. The summed E-state index contributed by atoms with van der Waals surface area (Å²) in [5.74, 6) is 0.676. The number of nitrogens with zero attached hydrogens (tertiary/aromatic N) is 4. The first-order valence-electron chi connectivity index (χ1n) is 9.94. The maximum absolute atomic E-state index is 13.1. The van der Waals surface area contributed by atoms with Crippen LogP contribution in [0.4, 0.5) is 0 Å². The van der Waals surface area contributed by atoms with E-state index in [0.717, 1.165) is 32.1 Å². The van der Waals surface area contributed by atoms with E-state index in [1.807, 2.05) is 20.9 Å². The Hall–Kier alpha value is -1.45. The number of Topliss-reactive ketones (excluding diaryl/α,β-unsaturated/α-hetero) is 1. The van der Waals surface area contributed by atoms with Gasteiger partial charge in [0, 0.05) is 25.4 Å². The molecule has 1 aliphatic carbocycles. The minimum absolute atomic E-state index is 0.0177. The van der Waals surface area contributed by atoms with Crippen molar-refractivity contribution in [3.63, 3.8) is 0 Å². The van der Waals surface area contributed by atoms with Gasteiger partial charge in [0.2, 0.25) is 12.2 Å². The van der Waals surface area contributed by atoms with Gasteiger partial charge < -0.3 is 14.2 Å². The normalized spacial score (nSPS) is 16.5. The number of aromatic nitrogens is 2. The summed E-state index contributed by atoms with van der Waals surface area (Å²) in [6.45, 7) is 4.78. The summed E-state index contributed by atoms with van der Waals surface area (Å²) in [4.78, 5) is 31.8. The van der Waals surface area contributed by atoms with Crippen molar-refractivity contribution in [1.82, 2.24) is 20.2 Å². The predicted molar refractivity (Wildman–Crippen MR) is 107 cm³/mol. The molecule has 1 atom stereocenters. The van der Waals surface area contributed by atoms with E-state index in [1.54, 1.807) is 17.1 Å². The number of thioether (sulfide) groups is 1. The Morgan fingerprint density at radius 3 is 2.64 bits per heavy atom. The Morgan fingerprint density at radius 1 is 1.32 bits per heavy atom. The lowest BCUT2D eigenvalue weighted by atomic mass is 9.91. The van der Waals surface area contributed by atoms with Crippen LogP contribution in [0.15, 0.2) is 9.64 Å². The second-order valence-corrected chi connectivity index (χ2v) is 8.66. The minimum Gasteiger partial charge on any atom is -0.408 e. The smallest absolute Gasteiger partial charge is 0.286 e. The van der Waals surface area contributed by atoms with Crippen LogP contribution in [0.1, 0.15) is 63.1 Å². The highest BCUT2D eigenvalue weighted by molar-refractivity contribution is 7.99. The lowest BCUT2D eigenvalue weighted by Gasteiger charge is -2.36. The molecule has 1 aromatic heterocycles. The summed E-state index contributed by atoms with van der Waals surface area (Å²) in [5, 5.41) is 9.98. The molecule has 1 saturated carbocycles. The van der Waals surface area contributed by atoms with Crippen LogP contribution in [0.3, 0.4) is 0 Å². The van der Waals surface area contributed by atoms with Crippen molar-refractivity contribution in [2.75, 3.05) is 26.5 Å². The number of hydrogen-bond acceptors (Lipinski definition) is 8. The van der Waals surface area contributed by atoms with E-state index in [-0.39, 0.29) is 23.6 Å². The number of hydroxylamine groups is 2. The Balaban J connectivity index is 2.08. The zero-order valence-corrected chi connectivity index (χ0v) is 18.1. The summed E-state index contributed by atoms with van der Waals surface area (Å²) in [7, 11) is 3.44. The average Bonchev–Trinajstić information content (AvgIpc) is 3.16. The van der Waals surface area contributed by atoms with Crippen molar-refractivity contribution in [2.24, 2.45) is 5.92 Å². The van der Waals surface area contributed by atoms with Crippen molar-refractivity contribution >= 4 is 24.0 Å². The van der Waals surface area contributed by atoms with Gasteiger partial charge in [0.25, 0.3) is 11.1 Å². The molecule has 1 aromatic rings. The summed E-state index contributed by atoms with van der Waals surface area (Å²) in [6, 6.07) is -0.446. The molecule has 28 heavy (non-hydrogen) atoms. The fraction of sp³-hybridized carbons (Fsp3) is 0.789. The quantitative estimate of drug-likeness (QED) is 0.224. The molecule has 1 heterocycles. The molecule has 1 aliphatic rings. The second kappa shape index (κ2) is 11.5. The van der Waals surface area contributed by atoms with Gasteiger partial charge in [0.1, 0.15) is 6.04 Å². The molecule has 0 saturated heterocycles. The third-order valence-corrected chi connectivity index (χ3v) is 5.83. The number of rotatable bonds is 12. The van der Waals surface area contributed by atoms with Gasteiger partial charge in [-0.05, 0) is 25.2 Å². The van der Waals surface area contributed by atoms with Crippen molar-refractivity contribution < 1.29 is 18.8 Å². The van der Waals surface area contributed by atoms with Gasteiger partial charge in [0.15, 0.2) is 0 Å². The minimum atomic E-state index is -0.557. The van der Waals surface area contributed by atoms with Gasteiger partial charge in [-0.2, -0.15) is 5.06 Å². The molecule has 0 spiro atoms. The summed E-state index contributed by atoms with van der Waals surface area (Å²) in [5.41, 5.74) is 0. The Labute approximate surface area is 171 Å². The maximum Gasteiger partial charge on any atom is 0.286 e. The van der Waals surface area contributed by atoms with Gasteiger partial charge in [-0.3, -0.25) is 9.59 Å². The average molecular weight is 413 g/mol. The van der Waals surface area contributed by atoms with Crippen LogP contribution in [-0.4, -0.2) is 70.9 Å². The van der Waals surface area contributed by atoms with Gasteiger partial charge in [-0.1, -0.05) is 44.9 Å². The molecule has 158 valence electrons. The number of hydrogen-bond donors (Lipinski definition) is 0. The molecular formula is C19H32N4O4S. The standard InChI is InChI=1S/C19H32N4O4S/c1-14(2)12-16(23(13-24)15-8-6-5-7-9-15)17(25)18-20-21-19(27-18)28-11-10-22(3)26-4/h13-16H,5-12H2,1-4H3. The molecule has 0 aromatic carbocycles. The third kappa shape index (κ3) is 6.56. The third-order valence-electron chi connectivity index (χ3n) is 5.04. The zero-order valence-electron chi connectivity index (χ0n) is 17.3. The van der Waals surface area contributed by atoms with Crippen LogP contribution < -0.4 is 0 Å². The van der Waals surface area contributed by atoms with Gasteiger partial charge in [-0.15, -0.1) is 10.2 Å². The van der Waals surface area contributed by atoms with E-state index in [1.165, 1.54) is 18.2 Å². The first kappa shape index (κ1) is 22.8. The van der Waals surface area contributed by atoms with Gasteiger partial charge in [0.05, 0.1) is 7.11 Å². The summed E-state index contributed by atoms with van der Waals surface area (Å²) >= 11 is 1.37. The van der Waals surface area contributed by atoms with E-state index < -0.39 is 6.04 Å². The van der Waals surface area contributed by atoms with Crippen molar-refractivity contribution in [3.8, 4) is 0 Å². The maximum atomic E-state index is 13.1. The molecule has 8 nitrogen and oxygen atoms in total. The van der Waals surface area contributed by atoms with Crippen molar-refractivity contribution in [2.45, 2.75) is 69.7 Å². The molecule has 0 N–H and O–H groups in total. The molecule has 2 rings (SSSR count). The summed E-state index contributed by atoms with van der Waals surface area (Å²) < 4.78 is 5.59. The molecule has 1 unspecified atom stereocenters. The lowest BCUT2D eigenvalue weighted by Crippen LogP contribution is -2.48.